The molecule has 1 N–H and O–H groups in total. The zero-order valence-corrected chi connectivity index (χ0v) is 17.1. The highest BCUT2D eigenvalue weighted by molar-refractivity contribution is 5.95. The van der Waals surface area contributed by atoms with Gasteiger partial charge in [-0.1, -0.05) is 49.2 Å². The van der Waals surface area contributed by atoms with E-state index in [0.717, 1.165) is 44.7 Å². The quantitative estimate of drug-likeness (QED) is 0.854. The maximum Gasteiger partial charge on any atom is 0.254 e. The molecule has 1 saturated heterocycles. The van der Waals surface area contributed by atoms with Crippen LogP contribution in [-0.2, 0) is 6.42 Å². The summed E-state index contributed by atoms with van der Waals surface area (Å²) in [5.74, 6) is 0.836. The van der Waals surface area contributed by atoms with E-state index in [1.807, 2.05) is 4.90 Å². The molecule has 29 heavy (non-hydrogen) atoms. The lowest BCUT2D eigenvalue weighted by molar-refractivity contribution is 0.0638. The molecule has 1 aliphatic carbocycles. The first-order valence-electron chi connectivity index (χ1n) is 11.2. The summed E-state index contributed by atoms with van der Waals surface area (Å²) >= 11 is 0. The maximum atomic E-state index is 13.1. The van der Waals surface area contributed by atoms with Gasteiger partial charge in [0, 0.05) is 55.9 Å². The van der Waals surface area contributed by atoms with Crippen LogP contribution < -0.4 is 5.32 Å². The fourth-order valence-electron chi connectivity index (χ4n) is 5.30. The summed E-state index contributed by atoms with van der Waals surface area (Å²) in [6.45, 7) is 4.64. The smallest absolute Gasteiger partial charge is 0.254 e. The zero-order valence-electron chi connectivity index (χ0n) is 17.1. The van der Waals surface area contributed by atoms with Crippen molar-refractivity contribution in [2.45, 2.75) is 44.1 Å². The number of piperazine rings is 1. The van der Waals surface area contributed by atoms with E-state index in [9.17, 15) is 4.79 Å². The number of nitrogens with zero attached hydrogens (tertiary/aromatic N) is 2. The molecule has 0 aromatic heterocycles. The summed E-state index contributed by atoms with van der Waals surface area (Å²) in [7, 11) is 0. The minimum absolute atomic E-state index is 0.187. The number of hydrogen-bond acceptors (Lipinski definition) is 3. The Labute approximate surface area is 173 Å². The van der Waals surface area contributed by atoms with Gasteiger partial charge in [0.15, 0.2) is 0 Å². The first-order valence-corrected chi connectivity index (χ1v) is 11.2. The molecule has 152 valence electrons. The number of carbonyl (C=O) groups is 1. The molecule has 2 atom stereocenters. The van der Waals surface area contributed by atoms with E-state index in [1.54, 1.807) is 0 Å². The van der Waals surface area contributed by atoms with Gasteiger partial charge in [0.1, 0.15) is 0 Å². The van der Waals surface area contributed by atoms with Crippen LogP contribution in [0, 0.1) is 0 Å². The minimum atomic E-state index is 0.187. The van der Waals surface area contributed by atoms with Crippen molar-refractivity contribution in [1.82, 2.24) is 9.80 Å². The second-order valence-corrected chi connectivity index (χ2v) is 8.81. The Bertz CT molecular complexity index is 858. The van der Waals surface area contributed by atoms with Gasteiger partial charge in [-0.2, -0.15) is 0 Å². The molecule has 5 rings (SSSR count). The summed E-state index contributed by atoms with van der Waals surface area (Å²) in [4.78, 5) is 17.6. The Balaban J connectivity index is 1.17. The number of carbonyl (C=O) groups excluding carboxylic acids is 1. The van der Waals surface area contributed by atoms with E-state index in [0.29, 0.717) is 12.0 Å². The van der Waals surface area contributed by atoms with E-state index in [-0.39, 0.29) is 5.91 Å². The molecule has 2 aromatic rings. The van der Waals surface area contributed by atoms with Crippen molar-refractivity contribution in [2.75, 3.05) is 38.0 Å². The highest BCUT2D eigenvalue weighted by atomic mass is 16.2. The van der Waals surface area contributed by atoms with Crippen molar-refractivity contribution >= 4 is 11.6 Å². The summed E-state index contributed by atoms with van der Waals surface area (Å²) in [6, 6.07) is 17.6. The van der Waals surface area contributed by atoms with Crippen molar-refractivity contribution in [3.8, 4) is 0 Å². The average Bonchev–Trinajstić information content (AvgIpc) is 3.16. The molecule has 0 spiro atoms. The number of amides is 1. The van der Waals surface area contributed by atoms with Gasteiger partial charge in [-0.3, -0.25) is 9.69 Å². The Morgan fingerprint density at radius 3 is 2.59 bits per heavy atom. The number of anilines is 1. The molecule has 2 aliphatic heterocycles. The topological polar surface area (TPSA) is 35.6 Å². The molecule has 4 nitrogen and oxygen atoms in total. The molecular weight excluding hydrogens is 358 g/mol. The molecular formula is C25H31N3O. The summed E-state index contributed by atoms with van der Waals surface area (Å²) < 4.78 is 0. The Morgan fingerprint density at radius 2 is 1.76 bits per heavy atom. The van der Waals surface area contributed by atoms with Gasteiger partial charge in [-0.25, -0.2) is 0 Å². The van der Waals surface area contributed by atoms with Crippen LogP contribution in [-0.4, -0.2) is 54.5 Å². The highest BCUT2D eigenvalue weighted by Crippen LogP contribution is 2.44. The van der Waals surface area contributed by atoms with Crippen LogP contribution in [0.3, 0.4) is 0 Å². The van der Waals surface area contributed by atoms with Crippen LogP contribution in [0.2, 0.25) is 0 Å². The molecule has 4 heteroatoms. The van der Waals surface area contributed by atoms with Crippen LogP contribution >= 0.6 is 0 Å². The summed E-state index contributed by atoms with van der Waals surface area (Å²) in [5, 5.41) is 3.69. The van der Waals surface area contributed by atoms with Gasteiger partial charge in [0.2, 0.25) is 0 Å². The molecule has 0 radical (unpaired) electrons. The first-order chi connectivity index (χ1) is 14.3. The van der Waals surface area contributed by atoms with Crippen LogP contribution in [0.1, 0.15) is 53.1 Å². The van der Waals surface area contributed by atoms with Gasteiger partial charge in [-0.15, -0.1) is 0 Å². The third kappa shape index (κ3) is 3.91. The van der Waals surface area contributed by atoms with Gasteiger partial charge in [0.25, 0.3) is 5.91 Å². The van der Waals surface area contributed by atoms with Crippen LogP contribution in [0.5, 0.6) is 0 Å². The Morgan fingerprint density at radius 1 is 0.966 bits per heavy atom. The predicted molar refractivity (Wildman–Crippen MR) is 118 cm³/mol. The van der Waals surface area contributed by atoms with E-state index < -0.39 is 0 Å². The van der Waals surface area contributed by atoms with Crippen LogP contribution in [0.15, 0.2) is 48.5 Å². The molecule has 2 fully saturated rings. The molecule has 0 bridgehead atoms. The normalized spacial score (nSPS) is 23.9. The van der Waals surface area contributed by atoms with Gasteiger partial charge < -0.3 is 10.2 Å². The SMILES string of the molecule is O=C(c1ccc2c(c1)NC1CCCCC21)N1CCN(CCc2ccccc2)CC1. The number of benzene rings is 2. The first kappa shape index (κ1) is 18.7. The molecule has 1 saturated carbocycles. The lowest BCUT2D eigenvalue weighted by atomic mass is 9.82. The predicted octanol–water partition coefficient (Wildman–Crippen LogP) is 4.14. The van der Waals surface area contributed by atoms with E-state index in [1.165, 1.54) is 42.5 Å². The number of hydrogen-bond donors (Lipinski definition) is 1. The van der Waals surface area contributed by atoms with Crippen LogP contribution in [0.25, 0.3) is 0 Å². The standard InChI is InChI=1S/C25H31N3O/c29-25(20-10-11-22-21-8-4-5-9-23(21)26-24(22)18-20)28-16-14-27(15-17-28)13-12-19-6-2-1-3-7-19/h1-3,6-7,10-11,18,21,23,26H,4-5,8-9,12-17H2. The van der Waals surface area contributed by atoms with Gasteiger partial charge in [0.05, 0.1) is 0 Å². The maximum absolute atomic E-state index is 13.1. The van der Waals surface area contributed by atoms with E-state index in [4.69, 9.17) is 0 Å². The van der Waals surface area contributed by atoms with Crippen molar-refractivity contribution in [2.24, 2.45) is 0 Å². The average molecular weight is 390 g/mol. The van der Waals surface area contributed by atoms with Gasteiger partial charge in [-0.05, 0) is 42.5 Å². The van der Waals surface area contributed by atoms with Crippen molar-refractivity contribution in [1.29, 1.82) is 0 Å². The number of rotatable bonds is 4. The third-order valence-electron chi connectivity index (χ3n) is 7.03. The number of fused-ring (bicyclic) bond motifs is 3. The molecule has 1 amide bonds. The van der Waals surface area contributed by atoms with Crippen molar-refractivity contribution in [3.63, 3.8) is 0 Å². The second-order valence-electron chi connectivity index (χ2n) is 8.81. The largest absolute Gasteiger partial charge is 0.381 e. The molecule has 3 aliphatic rings. The Hall–Kier alpha value is -2.33. The lowest BCUT2D eigenvalue weighted by Gasteiger charge is -2.34. The summed E-state index contributed by atoms with van der Waals surface area (Å²) in [6.07, 6.45) is 6.27. The van der Waals surface area contributed by atoms with Crippen LogP contribution in [0.4, 0.5) is 5.69 Å². The molecule has 2 aromatic carbocycles. The zero-order chi connectivity index (χ0) is 19.6. The van der Waals surface area contributed by atoms with E-state index >= 15 is 0 Å². The van der Waals surface area contributed by atoms with Crippen molar-refractivity contribution < 1.29 is 4.79 Å². The number of nitrogens with one attached hydrogen (secondary N) is 1. The monoisotopic (exact) mass is 389 g/mol. The fourth-order valence-corrected chi connectivity index (χ4v) is 5.30. The third-order valence-corrected chi connectivity index (χ3v) is 7.03. The Kier molecular flexibility index (Phi) is 5.28. The van der Waals surface area contributed by atoms with Gasteiger partial charge >= 0.3 is 0 Å². The molecule has 2 heterocycles. The van der Waals surface area contributed by atoms with E-state index in [2.05, 4.69) is 58.7 Å². The minimum Gasteiger partial charge on any atom is -0.381 e. The molecule has 2 unspecified atom stereocenters. The fraction of sp³-hybridized carbons (Fsp3) is 0.480. The summed E-state index contributed by atoms with van der Waals surface area (Å²) in [5.41, 5.74) is 4.86. The second kappa shape index (κ2) is 8.19. The lowest BCUT2D eigenvalue weighted by Crippen LogP contribution is -2.49. The van der Waals surface area contributed by atoms with Crippen molar-refractivity contribution in [3.05, 3.63) is 65.2 Å². The highest BCUT2D eigenvalue weighted by Gasteiger charge is 2.34.